The van der Waals surface area contributed by atoms with E-state index in [1.807, 2.05) is 0 Å². The molecule has 2 heteroatoms. The van der Waals surface area contributed by atoms with Crippen molar-refractivity contribution in [2.24, 2.45) is 11.8 Å². The molecule has 0 aromatic carbocycles. The molecule has 1 saturated carbocycles. The summed E-state index contributed by atoms with van der Waals surface area (Å²) in [5.41, 5.74) is 0. The molecule has 0 radical (unpaired) electrons. The Morgan fingerprint density at radius 1 is 1.43 bits per heavy atom. The van der Waals surface area contributed by atoms with Gasteiger partial charge in [0.05, 0.1) is 6.10 Å². The molecule has 0 spiro atoms. The van der Waals surface area contributed by atoms with Crippen LogP contribution < -0.4 is 5.32 Å². The maximum Gasteiger partial charge on any atom is 0.0543 e. The molecule has 0 aromatic rings. The van der Waals surface area contributed by atoms with Crippen LogP contribution in [-0.4, -0.2) is 24.3 Å². The zero-order chi connectivity index (χ0) is 10.4. The predicted octanol–water partition coefficient (Wildman–Crippen LogP) is 2.17. The summed E-state index contributed by atoms with van der Waals surface area (Å²) < 4.78 is 0. The SMILES string of the molecule is CCCC(C)CNCC1CCC(O)C1. The van der Waals surface area contributed by atoms with Crippen LogP contribution in [0.1, 0.15) is 46.0 Å². The van der Waals surface area contributed by atoms with E-state index in [1.54, 1.807) is 0 Å². The van der Waals surface area contributed by atoms with Crippen LogP contribution in [0.2, 0.25) is 0 Å². The molecule has 0 bridgehead atoms. The Bertz CT molecular complexity index is 149. The predicted molar refractivity (Wildman–Crippen MR) is 60.3 cm³/mol. The lowest BCUT2D eigenvalue weighted by molar-refractivity contribution is 0.177. The highest BCUT2D eigenvalue weighted by atomic mass is 16.3. The van der Waals surface area contributed by atoms with Crippen molar-refractivity contribution >= 4 is 0 Å². The molecular formula is C12H25NO. The molecule has 0 amide bonds. The Morgan fingerprint density at radius 3 is 2.79 bits per heavy atom. The van der Waals surface area contributed by atoms with Crippen molar-refractivity contribution in [3.63, 3.8) is 0 Å². The first-order chi connectivity index (χ1) is 6.72. The van der Waals surface area contributed by atoms with Crippen LogP contribution in [0.4, 0.5) is 0 Å². The Hall–Kier alpha value is -0.0800. The Morgan fingerprint density at radius 2 is 2.21 bits per heavy atom. The molecule has 0 heterocycles. The first-order valence-corrected chi connectivity index (χ1v) is 6.11. The lowest BCUT2D eigenvalue weighted by Gasteiger charge is -2.14. The molecule has 14 heavy (non-hydrogen) atoms. The van der Waals surface area contributed by atoms with Crippen LogP contribution in [0.15, 0.2) is 0 Å². The van der Waals surface area contributed by atoms with Crippen molar-refractivity contribution in [2.45, 2.75) is 52.1 Å². The highest BCUT2D eigenvalue weighted by Crippen LogP contribution is 2.24. The summed E-state index contributed by atoms with van der Waals surface area (Å²) in [5.74, 6) is 1.52. The molecule has 1 fully saturated rings. The van der Waals surface area contributed by atoms with Crippen molar-refractivity contribution in [2.75, 3.05) is 13.1 Å². The number of rotatable bonds is 6. The quantitative estimate of drug-likeness (QED) is 0.687. The summed E-state index contributed by atoms with van der Waals surface area (Å²) in [6.45, 7) is 6.79. The van der Waals surface area contributed by atoms with Gasteiger partial charge < -0.3 is 10.4 Å². The Labute approximate surface area is 88.1 Å². The molecule has 0 saturated heterocycles. The zero-order valence-corrected chi connectivity index (χ0v) is 9.63. The molecular weight excluding hydrogens is 174 g/mol. The van der Waals surface area contributed by atoms with Crippen molar-refractivity contribution in [3.8, 4) is 0 Å². The van der Waals surface area contributed by atoms with Crippen molar-refractivity contribution in [1.82, 2.24) is 5.32 Å². The number of nitrogens with one attached hydrogen (secondary N) is 1. The van der Waals surface area contributed by atoms with Gasteiger partial charge in [0.25, 0.3) is 0 Å². The van der Waals surface area contributed by atoms with Crippen LogP contribution in [0.3, 0.4) is 0 Å². The van der Waals surface area contributed by atoms with Crippen LogP contribution >= 0.6 is 0 Å². The Balaban J connectivity index is 1.98. The summed E-state index contributed by atoms with van der Waals surface area (Å²) in [5, 5.41) is 12.9. The fraction of sp³-hybridized carbons (Fsp3) is 1.00. The molecule has 1 aliphatic rings. The average Bonchev–Trinajstić information content (AvgIpc) is 2.52. The van der Waals surface area contributed by atoms with Gasteiger partial charge in [-0.3, -0.25) is 0 Å². The number of hydrogen-bond acceptors (Lipinski definition) is 2. The van der Waals surface area contributed by atoms with Gasteiger partial charge in [-0.2, -0.15) is 0 Å². The lowest BCUT2D eigenvalue weighted by atomic mass is 10.1. The summed E-state index contributed by atoms with van der Waals surface area (Å²) in [6.07, 6.45) is 5.81. The second-order valence-corrected chi connectivity index (χ2v) is 4.88. The zero-order valence-electron chi connectivity index (χ0n) is 9.63. The second-order valence-electron chi connectivity index (χ2n) is 4.88. The van der Waals surface area contributed by atoms with Gasteiger partial charge in [-0.25, -0.2) is 0 Å². The average molecular weight is 199 g/mol. The van der Waals surface area contributed by atoms with Crippen LogP contribution in [0.25, 0.3) is 0 Å². The molecule has 2 N–H and O–H groups in total. The van der Waals surface area contributed by atoms with E-state index in [0.29, 0.717) is 0 Å². The second kappa shape index (κ2) is 6.41. The van der Waals surface area contributed by atoms with Crippen LogP contribution in [-0.2, 0) is 0 Å². The summed E-state index contributed by atoms with van der Waals surface area (Å²) in [7, 11) is 0. The Kier molecular flexibility index (Phi) is 5.49. The monoisotopic (exact) mass is 199 g/mol. The maximum atomic E-state index is 9.36. The standard InChI is InChI=1S/C12H25NO/c1-3-4-10(2)8-13-9-11-5-6-12(14)7-11/h10-14H,3-9H2,1-2H3. The third-order valence-electron chi connectivity index (χ3n) is 3.22. The first kappa shape index (κ1) is 12.0. The first-order valence-electron chi connectivity index (χ1n) is 6.11. The van der Waals surface area contributed by atoms with Crippen LogP contribution in [0, 0.1) is 11.8 Å². The minimum absolute atomic E-state index is 0.0186. The molecule has 0 aliphatic heterocycles. The van der Waals surface area contributed by atoms with Gasteiger partial charge in [-0.1, -0.05) is 20.3 Å². The van der Waals surface area contributed by atoms with E-state index in [4.69, 9.17) is 0 Å². The smallest absolute Gasteiger partial charge is 0.0543 e. The van der Waals surface area contributed by atoms with Crippen molar-refractivity contribution in [1.29, 1.82) is 0 Å². The highest BCUT2D eigenvalue weighted by Gasteiger charge is 2.22. The van der Waals surface area contributed by atoms with Crippen molar-refractivity contribution in [3.05, 3.63) is 0 Å². The molecule has 1 rings (SSSR count). The van der Waals surface area contributed by atoms with Gasteiger partial charge in [-0.15, -0.1) is 0 Å². The third kappa shape index (κ3) is 4.43. The van der Waals surface area contributed by atoms with E-state index in [1.165, 1.54) is 19.3 Å². The number of hydrogen-bond donors (Lipinski definition) is 2. The van der Waals surface area contributed by atoms with Gasteiger partial charge in [0.15, 0.2) is 0 Å². The number of aliphatic hydroxyl groups excluding tert-OH is 1. The summed E-state index contributed by atoms with van der Waals surface area (Å²) in [6, 6.07) is 0. The minimum Gasteiger partial charge on any atom is -0.393 e. The summed E-state index contributed by atoms with van der Waals surface area (Å²) in [4.78, 5) is 0. The van der Waals surface area contributed by atoms with Crippen LogP contribution in [0.5, 0.6) is 0 Å². The molecule has 2 nitrogen and oxygen atoms in total. The van der Waals surface area contributed by atoms with Gasteiger partial charge >= 0.3 is 0 Å². The topological polar surface area (TPSA) is 32.3 Å². The van der Waals surface area contributed by atoms with E-state index in [-0.39, 0.29) is 6.10 Å². The molecule has 1 aliphatic carbocycles. The molecule has 84 valence electrons. The van der Waals surface area contributed by atoms with E-state index < -0.39 is 0 Å². The maximum absolute atomic E-state index is 9.36. The van der Waals surface area contributed by atoms with Crippen molar-refractivity contribution < 1.29 is 5.11 Å². The fourth-order valence-electron chi connectivity index (χ4n) is 2.36. The van der Waals surface area contributed by atoms with E-state index in [2.05, 4.69) is 19.2 Å². The van der Waals surface area contributed by atoms with Gasteiger partial charge in [0.1, 0.15) is 0 Å². The largest absolute Gasteiger partial charge is 0.393 e. The minimum atomic E-state index is -0.0186. The van der Waals surface area contributed by atoms with Gasteiger partial charge in [-0.05, 0) is 50.6 Å². The van der Waals surface area contributed by atoms with E-state index in [0.717, 1.165) is 37.8 Å². The molecule has 0 aromatic heterocycles. The lowest BCUT2D eigenvalue weighted by Crippen LogP contribution is -2.26. The highest BCUT2D eigenvalue weighted by molar-refractivity contribution is 4.76. The fourth-order valence-corrected chi connectivity index (χ4v) is 2.36. The normalized spacial score (nSPS) is 29.4. The molecule has 3 unspecified atom stereocenters. The van der Waals surface area contributed by atoms with E-state index >= 15 is 0 Å². The van der Waals surface area contributed by atoms with Gasteiger partial charge in [0, 0.05) is 0 Å². The summed E-state index contributed by atoms with van der Waals surface area (Å²) >= 11 is 0. The number of aliphatic hydroxyl groups is 1. The van der Waals surface area contributed by atoms with E-state index in [9.17, 15) is 5.11 Å². The third-order valence-corrected chi connectivity index (χ3v) is 3.22. The van der Waals surface area contributed by atoms with Gasteiger partial charge in [0.2, 0.25) is 0 Å². The molecule has 3 atom stereocenters.